The third kappa shape index (κ3) is 4.43. The van der Waals surface area contributed by atoms with Gasteiger partial charge < -0.3 is 0 Å². The molecule has 0 unspecified atom stereocenters. The van der Waals surface area contributed by atoms with Crippen LogP contribution in [0.5, 0.6) is 0 Å². The Morgan fingerprint density at radius 3 is 1.45 bits per heavy atom. The molecule has 3 nitrogen and oxygen atoms in total. The molecular formula is C42H25F2N3. The van der Waals surface area contributed by atoms with Crippen molar-refractivity contribution in [2.45, 2.75) is 5.92 Å². The van der Waals surface area contributed by atoms with Crippen molar-refractivity contribution < 1.29 is 8.78 Å². The van der Waals surface area contributed by atoms with Gasteiger partial charge in [0, 0.05) is 27.8 Å². The zero-order valence-corrected chi connectivity index (χ0v) is 25.0. The van der Waals surface area contributed by atoms with Crippen LogP contribution in [0.15, 0.2) is 152 Å². The Labute approximate surface area is 269 Å². The Bertz CT molecular complexity index is 2430. The van der Waals surface area contributed by atoms with E-state index in [9.17, 15) is 0 Å². The van der Waals surface area contributed by atoms with Gasteiger partial charge in [0.05, 0.1) is 0 Å². The number of halogens is 2. The van der Waals surface area contributed by atoms with Gasteiger partial charge in [-0.1, -0.05) is 133 Å². The van der Waals surface area contributed by atoms with Crippen molar-refractivity contribution in [3.63, 3.8) is 0 Å². The zero-order valence-electron chi connectivity index (χ0n) is 25.0. The molecule has 1 aliphatic rings. The van der Waals surface area contributed by atoms with Crippen LogP contribution in [0, 0.1) is 0 Å². The van der Waals surface area contributed by atoms with Gasteiger partial charge in [0.2, 0.25) is 0 Å². The molecule has 1 aromatic heterocycles. The molecule has 0 fully saturated rings. The minimum atomic E-state index is -3.21. The van der Waals surface area contributed by atoms with Gasteiger partial charge >= 0.3 is 0 Å². The van der Waals surface area contributed by atoms with Crippen LogP contribution in [-0.4, -0.2) is 15.0 Å². The molecule has 8 aromatic rings. The summed E-state index contributed by atoms with van der Waals surface area (Å²) in [5.74, 6) is -1.90. The second kappa shape index (κ2) is 10.5. The molecule has 222 valence electrons. The summed E-state index contributed by atoms with van der Waals surface area (Å²) in [6.45, 7) is 0. The first-order valence-corrected chi connectivity index (χ1v) is 15.5. The molecule has 0 radical (unpaired) electrons. The van der Waals surface area contributed by atoms with Crippen molar-refractivity contribution in [1.82, 2.24) is 15.0 Å². The van der Waals surface area contributed by atoms with Gasteiger partial charge in [0.15, 0.2) is 17.5 Å². The molecule has 47 heavy (non-hydrogen) atoms. The predicted octanol–water partition coefficient (Wildman–Crippen LogP) is 11.0. The van der Waals surface area contributed by atoms with E-state index in [2.05, 4.69) is 30.3 Å². The third-order valence-electron chi connectivity index (χ3n) is 9.04. The van der Waals surface area contributed by atoms with Crippen LogP contribution in [0.1, 0.15) is 11.1 Å². The van der Waals surface area contributed by atoms with Gasteiger partial charge in [-0.2, -0.15) is 8.78 Å². The predicted molar refractivity (Wildman–Crippen MR) is 185 cm³/mol. The van der Waals surface area contributed by atoms with Crippen molar-refractivity contribution in [2.24, 2.45) is 0 Å². The Hall–Kier alpha value is -6.07. The Morgan fingerprint density at radius 1 is 0.362 bits per heavy atom. The fraction of sp³-hybridized carbons (Fsp3) is 0.0238. The molecule has 0 spiro atoms. The van der Waals surface area contributed by atoms with E-state index in [1.807, 2.05) is 103 Å². The summed E-state index contributed by atoms with van der Waals surface area (Å²) in [7, 11) is 0. The first-order valence-electron chi connectivity index (χ1n) is 15.5. The molecule has 0 saturated heterocycles. The fourth-order valence-corrected chi connectivity index (χ4v) is 6.76. The zero-order chi connectivity index (χ0) is 31.5. The quantitative estimate of drug-likeness (QED) is 0.186. The van der Waals surface area contributed by atoms with Crippen LogP contribution < -0.4 is 0 Å². The Morgan fingerprint density at radius 2 is 0.830 bits per heavy atom. The molecule has 1 aliphatic carbocycles. The number of benzene rings is 7. The maximum absolute atomic E-state index is 16.5. The Balaban J connectivity index is 1.17. The van der Waals surface area contributed by atoms with Crippen molar-refractivity contribution in [1.29, 1.82) is 0 Å². The molecule has 1 heterocycles. The highest BCUT2D eigenvalue weighted by atomic mass is 19.3. The van der Waals surface area contributed by atoms with E-state index in [1.54, 1.807) is 18.2 Å². The lowest BCUT2D eigenvalue weighted by Gasteiger charge is -2.15. The van der Waals surface area contributed by atoms with E-state index in [0.29, 0.717) is 34.2 Å². The molecule has 0 amide bonds. The maximum Gasteiger partial charge on any atom is 0.299 e. The summed E-state index contributed by atoms with van der Waals surface area (Å²) in [6, 6.07) is 48.3. The normalized spacial score (nSPS) is 13.1. The number of aromatic nitrogens is 3. The number of alkyl halides is 2. The van der Waals surface area contributed by atoms with Gasteiger partial charge in [-0.3, -0.25) is 0 Å². The highest BCUT2D eigenvalue weighted by Crippen LogP contribution is 2.53. The average Bonchev–Trinajstić information content (AvgIpc) is 3.36. The first-order chi connectivity index (χ1) is 23.0. The number of hydrogen-bond donors (Lipinski definition) is 0. The number of hydrogen-bond acceptors (Lipinski definition) is 3. The van der Waals surface area contributed by atoms with Gasteiger partial charge in [-0.15, -0.1) is 0 Å². The molecule has 9 rings (SSSR count). The lowest BCUT2D eigenvalue weighted by molar-refractivity contribution is 0.0481. The number of fused-ring (bicyclic) bond motifs is 6. The lowest BCUT2D eigenvalue weighted by Crippen LogP contribution is -2.11. The highest BCUT2D eigenvalue weighted by molar-refractivity contribution is 6.13. The summed E-state index contributed by atoms with van der Waals surface area (Å²) in [6.07, 6.45) is 0. The van der Waals surface area contributed by atoms with Crippen LogP contribution in [-0.2, 0) is 5.92 Å². The second-order valence-electron chi connectivity index (χ2n) is 11.8. The summed E-state index contributed by atoms with van der Waals surface area (Å²) >= 11 is 0. The summed E-state index contributed by atoms with van der Waals surface area (Å²) < 4.78 is 33.0. The summed E-state index contributed by atoms with van der Waals surface area (Å²) in [5, 5.41) is 4.35. The molecule has 7 aromatic carbocycles. The van der Waals surface area contributed by atoms with Crippen LogP contribution in [0.2, 0.25) is 0 Å². The SMILES string of the molecule is FC1(F)c2cc(-c3nc(-c4ccccc4)nc(-c4ccccc4)n3)ccc2-c2ccc(-c3cc4ccccc4c4ccccc34)cc21. The maximum atomic E-state index is 16.5. The van der Waals surface area contributed by atoms with Gasteiger partial charge in [-0.25, -0.2) is 15.0 Å². The van der Waals surface area contributed by atoms with Crippen molar-refractivity contribution in [3.8, 4) is 56.4 Å². The van der Waals surface area contributed by atoms with Crippen LogP contribution >= 0.6 is 0 Å². The lowest BCUT2D eigenvalue weighted by atomic mass is 9.91. The molecule has 0 atom stereocenters. The smallest absolute Gasteiger partial charge is 0.208 e. The Kier molecular flexibility index (Phi) is 6.09. The largest absolute Gasteiger partial charge is 0.299 e. The number of rotatable bonds is 4. The molecule has 0 aliphatic heterocycles. The molecule has 5 heteroatoms. The van der Waals surface area contributed by atoms with Gasteiger partial charge in [0.1, 0.15) is 0 Å². The highest BCUT2D eigenvalue weighted by Gasteiger charge is 2.44. The molecule has 0 bridgehead atoms. The monoisotopic (exact) mass is 609 g/mol. The van der Waals surface area contributed by atoms with E-state index < -0.39 is 5.92 Å². The summed E-state index contributed by atoms with van der Waals surface area (Å²) in [4.78, 5) is 14.3. The minimum absolute atomic E-state index is 0.00462. The molecule has 0 N–H and O–H groups in total. The van der Waals surface area contributed by atoms with E-state index in [1.165, 1.54) is 0 Å². The fourth-order valence-electron chi connectivity index (χ4n) is 6.76. The molecule has 0 saturated carbocycles. The van der Waals surface area contributed by atoms with Crippen LogP contribution in [0.25, 0.3) is 78.0 Å². The second-order valence-corrected chi connectivity index (χ2v) is 11.8. The number of nitrogens with zero attached hydrogens (tertiary/aromatic N) is 3. The van der Waals surface area contributed by atoms with Crippen LogP contribution in [0.4, 0.5) is 8.78 Å². The standard InChI is InChI=1S/C42H25F2N3/c43-42(44)37-24-29(36-23-28-15-7-8-16-31(28)32-17-9-10-18-33(32)36)19-21-34(37)35-22-20-30(25-38(35)42)41-46-39(26-11-3-1-4-12-26)45-40(47-41)27-13-5-2-6-14-27/h1-25H. The van der Waals surface area contributed by atoms with E-state index in [4.69, 9.17) is 15.0 Å². The summed E-state index contributed by atoms with van der Waals surface area (Å²) in [5.41, 5.74) is 4.85. The van der Waals surface area contributed by atoms with Gasteiger partial charge in [0.25, 0.3) is 5.92 Å². The van der Waals surface area contributed by atoms with E-state index in [-0.39, 0.29) is 11.1 Å². The van der Waals surface area contributed by atoms with Gasteiger partial charge in [-0.05, 0) is 62.0 Å². The van der Waals surface area contributed by atoms with Crippen molar-refractivity contribution >= 4 is 21.5 Å². The minimum Gasteiger partial charge on any atom is -0.208 e. The van der Waals surface area contributed by atoms with E-state index in [0.717, 1.165) is 43.8 Å². The van der Waals surface area contributed by atoms with E-state index >= 15 is 8.78 Å². The van der Waals surface area contributed by atoms with Crippen LogP contribution in [0.3, 0.4) is 0 Å². The first kappa shape index (κ1) is 27.3. The topological polar surface area (TPSA) is 38.7 Å². The average molecular weight is 610 g/mol. The third-order valence-corrected chi connectivity index (χ3v) is 9.04. The van der Waals surface area contributed by atoms with Crippen molar-refractivity contribution in [2.75, 3.05) is 0 Å². The van der Waals surface area contributed by atoms with Crippen molar-refractivity contribution in [3.05, 3.63) is 163 Å². The molecular weight excluding hydrogens is 584 g/mol.